The highest BCUT2D eigenvalue weighted by Gasteiger charge is 2.21. The number of aromatic nitrogens is 2. The van der Waals surface area contributed by atoms with E-state index >= 15 is 0 Å². The second-order valence-corrected chi connectivity index (χ2v) is 7.58. The lowest BCUT2D eigenvalue weighted by Crippen LogP contribution is -2.42. The molecule has 0 bridgehead atoms. The Morgan fingerprint density at radius 2 is 1.82 bits per heavy atom. The van der Waals surface area contributed by atoms with Gasteiger partial charge in [-0.3, -0.25) is 19.1 Å². The number of nitrogens with zero attached hydrogens (tertiary/aromatic N) is 2. The molecular weight excluding hydrogens is 436 g/mol. The van der Waals surface area contributed by atoms with Gasteiger partial charge in [0.15, 0.2) is 0 Å². The first-order valence-electron chi connectivity index (χ1n) is 11.0. The standard InChI is InChI=1S/C22H31F2N5O4/c1-3-5-7-12-28(18-19(25)29(13-6-4-2)22(32)27-20(18)31)14-17(30)26-15-8-10-16(11-9-15)33-21(23)24/h8-11,21H,3-7,12-14,25H2,1-2H3,(H,26,30)(H,27,31,32). The number of carbonyl (C=O) groups excluding carboxylic acids is 1. The summed E-state index contributed by atoms with van der Waals surface area (Å²) in [5, 5.41) is 2.67. The first-order chi connectivity index (χ1) is 15.8. The van der Waals surface area contributed by atoms with E-state index in [0.29, 0.717) is 25.2 Å². The Kier molecular flexibility index (Phi) is 9.89. The molecule has 1 aromatic heterocycles. The van der Waals surface area contributed by atoms with Gasteiger partial charge in [0, 0.05) is 18.8 Å². The first kappa shape index (κ1) is 25.9. The van der Waals surface area contributed by atoms with E-state index < -0.39 is 23.8 Å². The monoisotopic (exact) mass is 467 g/mol. The van der Waals surface area contributed by atoms with Crippen LogP contribution in [0.25, 0.3) is 0 Å². The van der Waals surface area contributed by atoms with E-state index in [2.05, 4.69) is 15.0 Å². The van der Waals surface area contributed by atoms with E-state index in [1.165, 1.54) is 28.8 Å². The van der Waals surface area contributed by atoms with Crippen molar-refractivity contribution in [2.45, 2.75) is 59.1 Å². The highest BCUT2D eigenvalue weighted by atomic mass is 19.3. The van der Waals surface area contributed by atoms with Crippen molar-refractivity contribution in [3.63, 3.8) is 0 Å². The van der Waals surface area contributed by atoms with Crippen LogP contribution in [0, 0.1) is 0 Å². The van der Waals surface area contributed by atoms with Crippen molar-refractivity contribution >= 4 is 23.1 Å². The van der Waals surface area contributed by atoms with Gasteiger partial charge in [-0.1, -0.05) is 33.1 Å². The quantitative estimate of drug-likeness (QED) is 0.389. The van der Waals surface area contributed by atoms with Gasteiger partial charge >= 0.3 is 12.3 Å². The number of ether oxygens (including phenoxy) is 1. The molecule has 1 aromatic carbocycles. The van der Waals surface area contributed by atoms with E-state index in [0.717, 1.165) is 25.7 Å². The smallest absolute Gasteiger partial charge is 0.387 e. The number of rotatable bonds is 13. The van der Waals surface area contributed by atoms with Crippen molar-refractivity contribution in [3.05, 3.63) is 45.1 Å². The maximum atomic E-state index is 12.7. The minimum absolute atomic E-state index is 0.0231. The number of hydrogen-bond donors (Lipinski definition) is 3. The molecule has 0 fully saturated rings. The molecule has 33 heavy (non-hydrogen) atoms. The minimum Gasteiger partial charge on any atom is -0.435 e. The maximum Gasteiger partial charge on any atom is 0.387 e. The Hall–Kier alpha value is -3.37. The number of benzene rings is 1. The highest BCUT2D eigenvalue weighted by molar-refractivity contribution is 5.94. The van der Waals surface area contributed by atoms with Gasteiger partial charge in [-0.05, 0) is 37.1 Å². The Morgan fingerprint density at radius 3 is 2.42 bits per heavy atom. The Labute approximate surface area is 190 Å². The molecule has 9 nitrogen and oxygen atoms in total. The number of aromatic amines is 1. The molecule has 0 aliphatic carbocycles. The third-order valence-corrected chi connectivity index (χ3v) is 4.99. The predicted octanol–water partition coefficient (Wildman–Crippen LogP) is 3.16. The fourth-order valence-corrected chi connectivity index (χ4v) is 3.34. The average Bonchev–Trinajstić information content (AvgIpc) is 2.74. The van der Waals surface area contributed by atoms with Gasteiger partial charge in [0.05, 0.1) is 6.54 Å². The molecular formula is C22H31F2N5O4. The average molecular weight is 468 g/mol. The van der Waals surface area contributed by atoms with Gasteiger partial charge in [0.2, 0.25) is 5.91 Å². The summed E-state index contributed by atoms with van der Waals surface area (Å²) in [5.41, 5.74) is 5.44. The minimum atomic E-state index is -2.94. The normalized spacial score (nSPS) is 10.9. The Bertz CT molecular complexity index is 1020. The summed E-state index contributed by atoms with van der Waals surface area (Å²) in [4.78, 5) is 41.4. The van der Waals surface area contributed by atoms with Crippen molar-refractivity contribution in [1.82, 2.24) is 9.55 Å². The summed E-state index contributed by atoms with van der Waals surface area (Å²) in [7, 11) is 0. The van der Waals surface area contributed by atoms with Crippen molar-refractivity contribution in [2.24, 2.45) is 0 Å². The molecule has 4 N–H and O–H groups in total. The number of amides is 1. The van der Waals surface area contributed by atoms with Gasteiger partial charge in [-0.15, -0.1) is 0 Å². The predicted molar refractivity (Wildman–Crippen MR) is 124 cm³/mol. The first-order valence-corrected chi connectivity index (χ1v) is 11.0. The van der Waals surface area contributed by atoms with Crippen LogP contribution in [-0.2, 0) is 11.3 Å². The molecule has 0 unspecified atom stereocenters. The van der Waals surface area contributed by atoms with Gasteiger partial charge in [0.25, 0.3) is 5.56 Å². The van der Waals surface area contributed by atoms with Crippen LogP contribution in [0.4, 0.5) is 26.0 Å². The summed E-state index contributed by atoms with van der Waals surface area (Å²) in [6, 6.07) is 5.49. The van der Waals surface area contributed by atoms with Crippen LogP contribution >= 0.6 is 0 Å². The molecule has 1 heterocycles. The lowest BCUT2D eigenvalue weighted by Gasteiger charge is -2.25. The number of unbranched alkanes of at least 4 members (excludes halogenated alkanes) is 3. The van der Waals surface area contributed by atoms with E-state index in [-0.39, 0.29) is 23.8 Å². The van der Waals surface area contributed by atoms with Crippen LogP contribution in [0.2, 0.25) is 0 Å². The molecule has 0 saturated carbocycles. The zero-order valence-electron chi connectivity index (χ0n) is 18.9. The molecule has 1 amide bonds. The lowest BCUT2D eigenvalue weighted by molar-refractivity contribution is -0.115. The number of alkyl halides is 2. The molecule has 0 atom stereocenters. The van der Waals surface area contributed by atoms with E-state index in [4.69, 9.17) is 5.73 Å². The van der Waals surface area contributed by atoms with Crippen molar-refractivity contribution in [2.75, 3.05) is 29.0 Å². The molecule has 182 valence electrons. The number of carbonyl (C=O) groups is 1. The second kappa shape index (κ2) is 12.6. The Morgan fingerprint density at radius 1 is 1.15 bits per heavy atom. The summed E-state index contributed by atoms with van der Waals surface area (Å²) < 4.78 is 30.2. The number of nitrogen functional groups attached to an aromatic ring is 1. The van der Waals surface area contributed by atoms with Gasteiger partial charge in [0.1, 0.15) is 17.3 Å². The molecule has 0 spiro atoms. The van der Waals surface area contributed by atoms with Gasteiger partial charge in [-0.25, -0.2) is 4.79 Å². The molecule has 11 heteroatoms. The number of nitrogens with two attached hydrogens (primary N) is 1. The summed E-state index contributed by atoms with van der Waals surface area (Å²) >= 11 is 0. The number of H-pyrrole nitrogens is 1. The lowest BCUT2D eigenvalue weighted by atomic mass is 10.2. The SMILES string of the molecule is CCCCCN(CC(=O)Nc1ccc(OC(F)F)cc1)c1c(N)n(CCCC)c(=O)[nH]c1=O. The van der Waals surface area contributed by atoms with E-state index in [9.17, 15) is 23.2 Å². The fraction of sp³-hybridized carbons (Fsp3) is 0.500. The molecule has 0 radical (unpaired) electrons. The van der Waals surface area contributed by atoms with E-state index in [1.807, 2.05) is 13.8 Å². The highest BCUT2D eigenvalue weighted by Crippen LogP contribution is 2.20. The van der Waals surface area contributed by atoms with Crippen LogP contribution in [0.15, 0.2) is 33.9 Å². The topological polar surface area (TPSA) is 122 Å². The third-order valence-electron chi connectivity index (χ3n) is 4.99. The fourth-order valence-electron chi connectivity index (χ4n) is 3.34. The summed E-state index contributed by atoms with van der Waals surface area (Å²) in [5.74, 6) is -0.438. The zero-order valence-corrected chi connectivity index (χ0v) is 18.9. The van der Waals surface area contributed by atoms with Gasteiger partial charge in [-0.2, -0.15) is 8.78 Å². The third kappa shape index (κ3) is 7.62. The number of nitrogens with one attached hydrogen (secondary N) is 2. The molecule has 2 aromatic rings. The number of anilines is 3. The van der Waals surface area contributed by atoms with Crippen LogP contribution in [0.3, 0.4) is 0 Å². The van der Waals surface area contributed by atoms with Crippen molar-refractivity contribution in [3.8, 4) is 5.75 Å². The van der Waals surface area contributed by atoms with E-state index in [1.54, 1.807) is 4.90 Å². The molecule has 0 aliphatic heterocycles. The maximum absolute atomic E-state index is 12.7. The van der Waals surface area contributed by atoms with Crippen LogP contribution in [0.5, 0.6) is 5.75 Å². The second-order valence-electron chi connectivity index (χ2n) is 7.58. The summed E-state index contributed by atoms with van der Waals surface area (Å²) in [6.07, 6.45) is 4.09. The Balaban J connectivity index is 2.25. The summed E-state index contributed by atoms with van der Waals surface area (Å²) in [6.45, 7) is 1.63. The van der Waals surface area contributed by atoms with Crippen molar-refractivity contribution in [1.29, 1.82) is 0 Å². The van der Waals surface area contributed by atoms with Crippen LogP contribution in [0.1, 0.15) is 46.0 Å². The largest absolute Gasteiger partial charge is 0.435 e. The number of hydrogen-bond acceptors (Lipinski definition) is 6. The molecule has 0 aliphatic rings. The molecule has 2 rings (SSSR count). The molecule has 0 saturated heterocycles. The van der Waals surface area contributed by atoms with Gasteiger partial charge < -0.3 is 20.7 Å². The van der Waals surface area contributed by atoms with Crippen LogP contribution < -0.4 is 31.9 Å². The zero-order chi connectivity index (χ0) is 24.4. The van der Waals surface area contributed by atoms with Crippen LogP contribution in [-0.4, -0.2) is 35.2 Å². The van der Waals surface area contributed by atoms with Crippen molar-refractivity contribution < 1.29 is 18.3 Å². The number of halogens is 2.